The zero-order chi connectivity index (χ0) is 22.9. The van der Waals surface area contributed by atoms with Crippen LogP contribution >= 0.6 is 0 Å². The number of hydrogen-bond acceptors (Lipinski definition) is 2. The molecule has 0 amide bonds. The van der Waals surface area contributed by atoms with E-state index in [9.17, 15) is 0 Å². The van der Waals surface area contributed by atoms with E-state index in [0.29, 0.717) is 5.92 Å². The molecule has 0 atom stereocenters. The molecule has 4 heterocycles. The van der Waals surface area contributed by atoms with E-state index in [4.69, 9.17) is 9.97 Å². The van der Waals surface area contributed by atoms with Crippen LogP contribution in [-0.4, -0.2) is 19.1 Å². The second kappa shape index (κ2) is 7.03. The number of rotatable bonds is 3. The van der Waals surface area contributed by atoms with Gasteiger partial charge < -0.3 is 9.13 Å². The van der Waals surface area contributed by atoms with Gasteiger partial charge in [-0.15, -0.1) is 0 Å². The number of benzene rings is 3. The minimum atomic E-state index is 0.631. The van der Waals surface area contributed by atoms with Crippen LogP contribution in [0.4, 0.5) is 0 Å². The Labute approximate surface area is 202 Å². The molecule has 1 aliphatic rings. The van der Waals surface area contributed by atoms with Crippen molar-refractivity contribution in [3.05, 3.63) is 109 Å². The lowest BCUT2D eigenvalue weighted by molar-refractivity contribution is 1.07. The number of nitrogens with zero attached hydrogens (tertiary/aromatic N) is 4. The first-order valence-corrected chi connectivity index (χ1v) is 12.2. The lowest BCUT2D eigenvalue weighted by Crippen LogP contribution is -2.01. The minimum Gasteiger partial charge on any atom is -0.308 e. The number of fused-ring (bicyclic) bond motifs is 6. The molecule has 0 aliphatic heterocycles. The molecule has 7 aromatic rings. The average molecular weight is 451 g/mol. The van der Waals surface area contributed by atoms with Gasteiger partial charge in [0.2, 0.25) is 0 Å². The van der Waals surface area contributed by atoms with Crippen LogP contribution in [0.5, 0.6) is 0 Å². The maximum atomic E-state index is 4.75. The fourth-order valence-corrected chi connectivity index (χ4v) is 5.65. The summed E-state index contributed by atoms with van der Waals surface area (Å²) in [6.07, 6.45) is 6.28. The third kappa shape index (κ3) is 2.74. The molecule has 1 saturated carbocycles. The topological polar surface area (TPSA) is 35.6 Å². The number of para-hydroxylation sites is 2. The van der Waals surface area contributed by atoms with E-state index in [0.717, 1.165) is 22.1 Å². The first-order chi connectivity index (χ1) is 17.4. The molecule has 0 N–H and O–H groups in total. The minimum absolute atomic E-state index is 0.631. The molecule has 166 valence electrons. The summed E-state index contributed by atoms with van der Waals surface area (Å²) in [6.45, 7) is 0. The Balaban J connectivity index is 1.49. The Hall–Kier alpha value is -4.44. The molecular weight excluding hydrogens is 428 g/mol. The van der Waals surface area contributed by atoms with Crippen molar-refractivity contribution in [1.29, 1.82) is 0 Å². The highest BCUT2D eigenvalue weighted by atomic mass is 15.0. The normalized spacial score (nSPS) is 13.9. The predicted octanol–water partition coefficient (Wildman–Crippen LogP) is 7.55. The zero-order valence-corrected chi connectivity index (χ0v) is 19.1. The summed E-state index contributed by atoms with van der Waals surface area (Å²) >= 11 is 0. The number of pyridine rings is 2. The second-order valence-electron chi connectivity index (χ2n) is 9.50. The first-order valence-electron chi connectivity index (χ1n) is 12.2. The lowest BCUT2D eigenvalue weighted by Gasteiger charge is -2.15. The summed E-state index contributed by atoms with van der Waals surface area (Å²) in [5, 5.41) is 2.37. The number of aromatic nitrogens is 4. The summed E-state index contributed by atoms with van der Waals surface area (Å²) in [5.41, 5.74) is 10.5. The molecule has 8 rings (SSSR count). The Morgan fingerprint density at radius 3 is 1.54 bits per heavy atom. The second-order valence-corrected chi connectivity index (χ2v) is 9.50. The SMILES string of the molecule is c1ccc2c(c1)c1ncccc1n2-c1cc(C2CC2)cc(-n2c3ccccc3c3ncccc32)c1. The lowest BCUT2D eigenvalue weighted by atomic mass is 10.1. The molecule has 4 aromatic heterocycles. The molecule has 0 unspecified atom stereocenters. The van der Waals surface area contributed by atoms with Gasteiger partial charge >= 0.3 is 0 Å². The van der Waals surface area contributed by atoms with Crippen LogP contribution in [0.25, 0.3) is 55.2 Å². The van der Waals surface area contributed by atoms with Crippen molar-refractivity contribution in [1.82, 2.24) is 19.1 Å². The quantitative estimate of drug-likeness (QED) is 0.279. The van der Waals surface area contributed by atoms with Gasteiger partial charge in [-0.2, -0.15) is 0 Å². The summed E-state index contributed by atoms with van der Waals surface area (Å²) in [6, 6.07) is 32.7. The van der Waals surface area contributed by atoms with Crippen LogP contribution in [0.15, 0.2) is 103 Å². The molecule has 4 heteroatoms. The molecule has 4 nitrogen and oxygen atoms in total. The van der Waals surface area contributed by atoms with E-state index >= 15 is 0 Å². The van der Waals surface area contributed by atoms with Crippen molar-refractivity contribution in [3.63, 3.8) is 0 Å². The molecule has 3 aromatic carbocycles. The van der Waals surface area contributed by atoms with E-state index < -0.39 is 0 Å². The van der Waals surface area contributed by atoms with Crippen LogP contribution in [-0.2, 0) is 0 Å². The van der Waals surface area contributed by atoms with Crippen molar-refractivity contribution in [2.75, 3.05) is 0 Å². The van der Waals surface area contributed by atoms with Crippen molar-refractivity contribution >= 4 is 43.9 Å². The summed E-state index contributed by atoms with van der Waals surface area (Å²) in [7, 11) is 0. The Kier molecular flexibility index (Phi) is 3.80. The highest BCUT2D eigenvalue weighted by molar-refractivity contribution is 6.08. The maximum Gasteiger partial charge on any atom is 0.0963 e. The summed E-state index contributed by atoms with van der Waals surface area (Å²) < 4.78 is 4.75. The van der Waals surface area contributed by atoms with Crippen LogP contribution in [0.1, 0.15) is 24.3 Å². The van der Waals surface area contributed by atoms with Gasteiger partial charge in [-0.3, -0.25) is 9.97 Å². The van der Waals surface area contributed by atoms with Crippen molar-refractivity contribution in [2.24, 2.45) is 0 Å². The fourth-order valence-electron chi connectivity index (χ4n) is 5.65. The van der Waals surface area contributed by atoms with Crippen LogP contribution < -0.4 is 0 Å². The third-order valence-corrected chi connectivity index (χ3v) is 7.34. The Morgan fingerprint density at radius 2 is 1.03 bits per heavy atom. The molecule has 1 aliphatic carbocycles. The van der Waals surface area contributed by atoms with Crippen molar-refractivity contribution in [3.8, 4) is 11.4 Å². The molecule has 0 spiro atoms. The molecule has 1 fully saturated rings. The van der Waals surface area contributed by atoms with Gasteiger partial charge in [0.1, 0.15) is 0 Å². The summed E-state index contributed by atoms with van der Waals surface area (Å²) in [5.74, 6) is 0.631. The first kappa shape index (κ1) is 18.9. The standard InChI is InChI=1S/C31H22N4/c1-3-9-26-24(7-1)30-28(11-5-15-32-30)34(26)22-17-21(20-13-14-20)18-23(19-22)35-27-10-4-2-8-25(27)31-29(35)12-6-16-33-31/h1-12,15-20H,13-14H2. The van der Waals surface area contributed by atoms with Gasteiger partial charge in [0.05, 0.1) is 33.1 Å². The summed E-state index contributed by atoms with van der Waals surface area (Å²) in [4.78, 5) is 9.49. The monoisotopic (exact) mass is 450 g/mol. The van der Waals surface area contributed by atoms with Gasteiger partial charge in [-0.25, -0.2) is 0 Å². The van der Waals surface area contributed by atoms with Crippen molar-refractivity contribution < 1.29 is 0 Å². The molecule has 0 radical (unpaired) electrons. The van der Waals surface area contributed by atoms with Gasteiger partial charge in [0, 0.05) is 34.5 Å². The Bertz CT molecular complexity index is 1680. The van der Waals surface area contributed by atoms with E-state index in [1.54, 1.807) is 0 Å². The molecule has 0 saturated heterocycles. The van der Waals surface area contributed by atoms with Gasteiger partial charge in [-0.05, 0) is 78.9 Å². The van der Waals surface area contributed by atoms with E-state index in [-0.39, 0.29) is 0 Å². The predicted molar refractivity (Wildman–Crippen MR) is 143 cm³/mol. The largest absolute Gasteiger partial charge is 0.308 e. The van der Waals surface area contributed by atoms with Gasteiger partial charge in [-0.1, -0.05) is 36.4 Å². The van der Waals surface area contributed by atoms with E-state index in [1.807, 2.05) is 24.5 Å². The highest BCUT2D eigenvalue weighted by Gasteiger charge is 2.26. The third-order valence-electron chi connectivity index (χ3n) is 7.34. The van der Waals surface area contributed by atoms with E-state index in [1.165, 1.54) is 51.6 Å². The van der Waals surface area contributed by atoms with Crippen LogP contribution in [0.3, 0.4) is 0 Å². The maximum absolute atomic E-state index is 4.75. The zero-order valence-electron chi connectivity index (χ0n) is 19.1. The van der Waals surface area contributed by atoms with Gasteiger partial charge in [0.25, 0.3) is 0 Å². The fraction of sp³-hybridized carbons (Fsp3) is 0.0968. The van der Waals surface area contributed by atoms with Crippen LogP contribution in [0, 0.1) is 0 Å². The highest BCUT2D eigenvalue weighted by Crippen LogP contribution is 2.43. The smallest absolute Gasteiger partial charge is 0.0963 e. The Morgan fingerprint density at radius 1 is 0.543 bits per heavy atom. The molecule has 35 heavy (non-hydrogen) atoms. The average Bonchev–Trinajstić information content (AvgIpc) is 3.64. The van der Waals surface area contributed by atoms with E-state index in [2.05, 4.69) is 88.0 Å². The molecule has 0 bridgehead atoms. The van der Waals surface area contributed by atoms with Crippen molar-refractivity contribution in [2.45, 2.75) is 18.8 Å². The van der Waals surface area contributed by atoms with Gasteiger partial charge in [0.15, 0.2) is 0 Å². The van der Waals surface area contributed by atoms with Crippen LogP contribution in [0.2, 0.25) is 0 Å². The molecular formula is C31H22N4. The number of hydrogen-bond donors (Lipinski definition) is 0.